The number of hydrogen-bond acceptors (Lipinski definition) is 5. The van der Waals surface area contributed by atoms with Crippen molar-refractivity contribution >= 4 is 17.4 Å². The van der Waals surface area contributed by atoms with Gasteiger partial charge in [-0.2, -0.15) is 5.26 Å². The van der Waals surface area contributed by atoms with Crippen LogP contribution in [0.5, 0.6) is 0 Å². The second-order valence-corrected chi connectivity index (χ2v) is 6.28. The van der Waals surface area contributed by atoms with Crippen molar-refractivity contribution in [2.45, 2.75) is 44.6 Å². The van der Waals surface area contributed by atoms with Gasteiger partial charge in [-0.25, -0.2) is 0 Å². The lowest BCUT2D eigenvalue weighted by Gasteiger charge is -2.15. The van der Waals surface area contributed by atoms with Gasteiger partial charge in [0.25, 0.3) is 5.91 Å². The molecule has 1 aromatic heterocycles. The van der Waals surface area contributed by atoms with Crippen molar-refractivity contribution in [1.82, 2.24) is 15.5 Å². The minimum atomic E-state index is -0.169. The largest absolute Gasteiger partial charge is 0.348 e. The summed E-state index contributed by atoms with van der Waals surface area (Å²) in [4.78, 5) is 12.3. The lowest BCUT2D eigenvalue weighted by Crippen LogP contribution is -2.35. The molecular formula is C19H21N5O. The molecule has 6 nitrogen and oxygen atoms in total. The smallest absolute Gasteiger partial charge is 0.272 e. The maximum absolute atomic E-state index is 12.3. The van der Waals surface area contributed by atoms with Crippen LogP contribution in [-0.4, -0.2) is 22.1 Å². The van der Waals surface area contributed by atoms with Crippen LogP contribution in [0.3, 0.4) is 0 Å². The van der Waals surface area contributed by atoms with E-state index in [2.05, 4.69) is 26.9 Å². The molecule has 1 aliphatic rings. The van der Waals surface area contributed by atoms with Crippen molar-refractivity contribution in [1.29, 1.82) is 5.26 Å². The number of carbonyl (C=O) groups excluding carboxylic acids is 1. The van der Waals surface area contributed by atoms with E-state index in [1.807, 2.05) is 6.07 Å². The van der Waals surface area contributed by atoms with Gasteiger partial charge >= 0.3 is 0 Å². The predicted octanol–water partition coefficient (Wildman–Crippen LogP) is 3.54. The summed E-state index contributed by atoms with van der Waals surface area (Å²) in [6.07, 6.45) is 6.91. The summed E-state index contributed by atoms with van der Waals surface area (Å²) in [7, 11) is 0. The van der Waals surface area contributed by atoms with E-state index in [0.717, 1.165) is 18.5 Å². The summed E-state index contributed by atoms with van der Waals surface area (Å²) >= 11 is 0. The monoisotopic (exact) mass is 335 g/mol. The minimum absolute atomic E-state index is 0.169. The van der Waals surface area contributed by atoms with E-state index in [-0.39, 0.29) is 11.9 Å². The van der Waals surface area contributed by atoms with Crippen molar-refractivity contribution in [3.05, 3.63) is 47.7 Å². The highest BCUT2D eigenvalue weighted by molar-refractivity contribution is 5.92. The normalized spacial score (nSPS) is 15.0. The molecule has 1 fully saturated rings. The number of rotatable bonds is 4. The highest BCUT2D eigenvalue weighted by atomic mass is 16.2. The SMILES string of the molecule is N#Cc1cccc(Nc2ccc(C(=O)NC3CCCCCC3)nn2)c1. The quantitative estimate of drug-likeness (QED) is 0.834. The van der Waals surface area contributed by atoms with Gasteiger partial charge in [0.05, 0.1) is 11.6 Å². The first-order valence-corrected chi connectivity index (χ1v) is 8.66. The molecule has 2 N–H and O–H groups in total. The zero-order valence-electron chi connectivity index (χ0n) is 14.0. The fourth-order valence-electron chi connectivity index (χ4n) is 3.02. The van der Waals surface area contributed by atoms with Crippen molar-refractivity contribution < 1.29 is 4.79 Å². The summed E-state index contributed by atoms with van der Waals surface area (Å²) in [5.41, 5.74) is 1.64. The van der Waals surface area contributed by atoms with Crippen LogP contribution in [0.2, 0.25) is 0 Å². The fourth-order valence-corrected chi connectivity index (χ4v) is 3.02. The molecule has 1 aromatic carbocycles. The maximum atomic E-state index is 12.3. The van der Waals surface area contributed by atoms with Crippen LogP contribution in [-0.2, 0) is 0 Å². The molecule has 0 unspecified atom stereocenters. The summed E-state index contributed by atoms with van der Waals surface area (Å²) < 4.78 is 0. The van der Waals surface area contributed by atoms with Crippen molar-refractivity contribution in [2.24, 2.45) is 0 Å². The van der Waals surface area contributed by atoms with Crippen LogP contribution in [0.4, 0.5) is 11.5 Å². The highest BCUT2D eigenvalue weighted by Gasteiger charge is 2.16. The Morgan fingerprint density at radius 1 is 1.08 bits per heavy atom. The van der Waals surface area contributed by atoms with E-state index in [9.17, 15) is 4.79 Å². The van der Waals surface area contributed by atoms with Gasteiger partial charge in [0, 0.05) is 11.7 Å². The molecule has 25 heavy (non-hydrogen) atoms. The van der Waals surface area contributed by atoms with E-state index in [4.69, 9.17) is 5.26 Å². The number of amides is 1. The third kappa shape index (κ3) is 4.77. The molecule has 0 spiro atoms. The zero-order valence-corrected chi connectivity index (χ0v) is 14.0. The number of nitrogens with one attached hydrogen (secondary N) is 2. The van der Waals surface area contributed by atoms with E-state index >= 15 is 0 Å². The standard InChI is InChI=1S/C19H21N5O/c20-13-14-6-5-9-16(12-14)21-18-11-10-17(23-24-18)19(25)22-15-7-3-1-2-4-8-15/h5-6,9-12,15H,1-4,7-8H2,(H,21,24)(H,22,25). The first-order valence-electron chi connectivity index (χ1n) is 8.66. The Hall–Kier alpha value is -2.94. The van der Waals surface area contributed by atoms with Crippen LogP contribution in [0.25, 0.3) is 0 Å². The molecule has 2 aromatic rings. The van der Waals surface area contributed by atoms with Crippen LogP contribution >= 0.6 is 0 Å². The Balaban J connectivity index is 1.61. The van der Waals surface area contributed by atoms with Gasteiger partial charge in [-0.05, 0) is 43.2 Å². The Bertz CT molecular complexity index is 758. The second kappa shape index (κ2) is 8.25. The number of nitriles is 1. The van der Waals surface area contributed by atoms with E-state index in [1.165, 1.54) is 25.7 Å². The number of aromatic nitrogens is 2. The number of anilines is 2. The molecule has 0 aliphatic heterocycles. The maximum Gasteiger partial charge on any atom is 0.272 e. The topological polar surface area (TPSA) is 90.7 Å². The Labute approximate surface area is 147 Å². The van der Waals surface area contributed by atoms with Crippen LogP contribution in [0, 0.1) is 11.3 Å². The molecule has 1 amide bonds. The van der Waals surface area contributed by atoms with Crippen LogP contribution < -0.4 is 10.6 Å². The minimum Gasteiger partial charge on any atom is -0.348 e. The Morgan fingerprint density at radius 3 is 2.56 bits per heavy atom. The molecule has 3 rings (SSSR count). The van der Waals surface area contributed by atoms with Crippen molar-refractivity contribution in [2.75, 3.05) is 5.32 Å². The third-order valence-electron chi connectivity index (χ3n) is 4.35. The van der Waals surface area contributed by atoms with Gasteiger partial charge in [-0.15, -0.1) is 10.2 Å². The molecule has 6 heteroatoms. The second-order valence-electron chi connectivity index (χ2n) is 6.28. The predicted molar refractivity (Wildman–Crippen MR) is 95.4 cm³/mol. The van der Waals surface area contributed by atoms with Gasteiger partial charge in [-0.3, -0.25) is 4.79 Å². The first-order chi connectivity index (χ1) is 12.2. The molecule has 1 heterocycles. The first kappa shape index (κ1) is 16.9. The highest BCUT2D eigenvalue weighted by Crippen LogP contribution is 2.18. The van der Waals surface area contributed by atoms with Crippen molar-refractivity contribution in [3.8, 4) is 6.07 Å². The van der Waals surface area contributed by atoms with E-state index in [1.54, 1.807) is 30.3 Å². The number of hydrogen-bond donors (Lipinski definition) is 2. The summed E-state index contributed by atoms with van der Waals surface area (Å²) in [5.74, 6) is 0.360. The third-order valence-corrected chi connectivity index (χ3v) is 4.35. The Kier molecular flexibility index (Phi) is 5.57. The van der Waals surface area contributed by atoms with Gasteiger partial charge in [0.1, 0.15) is 0 Å². The molecule has 0 radical (unpaired) electrons. The van der Waals surface area contributed by atoms with E-state index in [0.29, 0.717) is 17.1 Å². The van der Waals surface area contributed by atoms with Crippen LogP contribution in [0.1, 0.15) is 54.6 Å². The molecule has 0 bridgehead atoms. The van der Waals surface area contributed by atoms with Gasteiger partial charge < -0.3 is 10.6 Å². The molecule has 1 aliphatic carbocycles. The molecule has 0 saturated heterocycles. The number of carbonyl (C=O) groups is 1. The summed E-state index contributed by atoms with van der Waals surface area (Å²) in [6.45, 7) is 0. The molecular weight excluding hydrogens is 314 g/mol. The molecule has 0 atom stereocenters. The lowest BCUT2D eigenvalue weighted by atomic mass is 10.1. The number of benzene rings is 1. The van der Waals surface area contributed by atoms with Gasteiger partial charge in [0.2, 0.25) is 0 Å². The number of nitrogens with zero attached hydrogens (tertiary/aromatic N) is 3. The fraction of sp³-hybridized carbons (Fsp3) is 0.368. The van der Waals surface area contributed by atoms with Gasteiger partial charge in [-0.1, -0.05) is 31.7 Å². The van der Waals surface area contributed by atoms with E-state index < -0.39 is 0 Å². The van der Waals surface area contributed by atoms with Gasteiger partial charge in [0.15, 0.2) is 11.5 Å². The average molecular weight is 335 g/mol. The Morgan fingerprint density at radius 2 is 1.88 bits per heavy atom. The van der Waals surface area contributed by atoms with Crippen LogP contribution in [0.15, 0.2) is 36.4 Å². The molecule has 128 valence electrons. The summed E-state index contributed by atoms with van der Waals surface area (Å²) in [6, 6.07) is 12.8. The average Bonchev–Trinajstić information content (AvgIpc) is 2.91. The zero-order chi connectivity index (χ0) is 17.5. The summed E-state index contributed by atoms with van der Waals surface area (Å²) in [5, 5.41) is 23.1. The molecule has 1 saturated carbocycles. The van der Waals surface area contributed by atoms with Crippen molar-refractivity contribution in [3.63, 3.8) is 0 Å². The lowest BCUT2D eigenvalue weighted by molar-refractivity contribution is 0.0927.